The van der Waals surface area contributed by atoms with Gasteiger partial charge >= 0.3 is 0 Å². The Balaban J connectivity index is 2.04. The molecule has 2 nitrogen and oxygen atoms in total. The van der Waals surface area contributed by atoms with E-state index in [0.29, 0.717) is 6.42 Å². The lowest BCUT2D eigenvalue weighted by molar-refractivity contribution is 0.234. The number of benzene rings is 1. The van der Waals surface area contributed by atoms with Gasteiger partial charge in [0.05, 0.1) is 12.5 Å². The third kappa shape index (κ3) is 3.08. The van der Waals surface area contributed by atoms with Gasteiger partial charge in [0.25, 0.3) is 0 Å². The van der Waals surface area contributed by atoms with Crippen LogP contribution in [0.3, 0.4) is 0 Å². The van der Waals surface area contributed by atoms with E-state index >= 15 is 0 Å². The minimum Gasteiger partial charge on any atom is -0.298 e. The SMILES string of the molecule is CC1CC1CN(C)C(CC#N)c1ccccc1. The molecule has 0 amide bonds. The van der Waals surface area contributed by atoms with Gasteiger partial charge in [-0.05, 0) is 30.9 Å². The van der Waals surface area contributed by atoms with Crippen LogP contribution in [0.15, 0.2) is 30.3 Å². The van der Waals surface area contributed by atoms with Crippen LogP contribution < -0.4 is 0 Å². The maximum Gasteiger partial charge on any atom is 0.0641 e. The Kier molecular flexibility index (Phi) is 3.81. The standard InChI is InChI=1S/C15H20N2/c1-12-10-14(12)11-17(2)15(8-9-16)13-6-4-3-5-7-13/h3-7,12,14-15H,8,10-11H2,1-2H3. The van der Waals surface area contributed by atoms with E-state index < -0.39 is 0 Å². The van der Waals surface area contributed by atoms with E-state index in [9.17, 15) is 0 Å². The van der Waals surface area contributed by atoms with Crippen LogP contribution in [0.1, 0.15) is 31.4 Å². The van der Waals surface area contributed by atoms with Crippen LogP contribution in [-0.4, -0.2) is 18.5 Å². The molecule has 1 aliphatic carbocycles. The Hall–Kier alpha value is -1.33. The molecular weight excluding hydrogens is 208 g/mol. The summed E-state index contributed by atoms with van der Waals surface area (Å²) in [5.74, 6) is 1.71. The molecule has 2 heteroatoms. The van der Waals surface area contributed by atoms with Crippen molar-refractivity contribution in [3.05, 3.63) is 35.9 Å². The quantitative estimate of drug-likeness (QED) is 0.773. The fraction of sp³-hybridized carbons (Fsp3) is 0.533. The van der Waals surface area contributed by atoms with Crippen LogP contribution >= 0.6 is 0 Å². The van der Waals surface area contributed by atoms with Crippen molar-refractivity contribution < 1.29 is 0 Å². The molecule has 17 heavy (non-hydrogen) atoms. The van der Waals surface area contributed by atoms with Gasteiger partial charge in [0.15, 0.2) is 0 Å². The number of nitrogens with zero attached hydrogens (tertiary/aromatic N) is 2. The van der Waals surface area contributed by atoms with Crippen LogP contribution in [0.4, 0.5) is 0 Å². The van der Waals surface area contributed by atoms with Crippen molar-refractivity contribution in [3.63, 3.8) is 0 Å². The Morgan fingerprint density at radius 3 is 2.59 bits per heavy atom. The smallest absolute Gasteiger partial charge is 0.0641 e. The summed E-state index contributed by atoms with van der Waals surface area (Å²) in [5.41, 5.74) is 1.25. The maximum atomic E-state index is 8.97. The number of hydrogen-bond donors (Lipinski definition) is 0. The molecule has 0 spiro atoms. The first-order chi connectivity index (χ1) is 8.22. The highest BCUT2D eigenvalue weighted by Gasteiger charge is 2.34. The third-order valence-corrected chi connectivity index (χ3v) is 3.80. The highest BCUT2D eigenvalue weighted by atomic mass is 15.1. The summed E-state index contributed by atoms with van der Waals surface area (Å²) >= 11 is 0. The van der Waals surface area contributed by atoms with Gasteiger partial charge in [0.2, 0.25) is 0 Å². The molecule has 0 aromatic heterocycles. The van der Waals surface area contributed by atoms with Crippen LogP contribution in [0.5, 0.6) is 0 Å². The van der Waals surface area contributed by atoms with Crippen LogP contribution in [0.2, 0.25) is 0 Å². The third-order valence-electron chi connectivity index (χ3n) is 3.80. The van der Waals surface area contributed by atoms with Gasteiger partial charge in [-0.3, -0.25) is 4.90 Å². The largest absolute Gasteiger partial charge is 0.298 e. The molecule has 3 unspecified atom stereocenters. The van der Waals surface area contributed by atoms with E-state index in [1.54, 1.807) is 0 Å². The van der Waals surface area contributed by atoms with Crippen molar-refractivity contribution in [1.29, 1.82) is 5.26 Å². The molecule has 0 saturated heterocycles. The monoisotopic (exact) mass is 228 g/mol. The topological polar surface area (TPSA) is 27.0 Å². The molecule has 0 heterocycles. The number of hydrogen-bond acceptors (Lipinski definition) is 2. The first-order valence-corrected chi connectivity index (χ1v) is 6.34. The zero-order valence-corrected chi connectivity index (χ0v) is 10.6. The van der Waals surface area contributed by atoms with Crippen molar-refractivity contribution >= 4 is 0 Å². The molecule has 0 bridgehead atoms. The van der Waals surface area contributed by atoms with E-state index in [0.717, 1.165) is 18.4 Å². The molecule has 0 aliphatic heterocycles. The lowest BCUT2D eigenvalue weighted by atomic mass is 10.0. The van der Waals surface area contributed by atoms with Gasteiger partial charge < -0.3 is 0 Å². The van der Waals surface area contributed by atoms with Crippen LogP contribution in [-0.2, 0) is 0 Å². The minimum atomic E-state index is 0.244. The molecule has 3 atom stereocenters. The Labute approximate surface area is 104 Å². The average molecular weight is 228 g/mol. The van der Waals surface area contributed by atoms with Crippen molar-refractivity contribution in [3.8, 4) is 6.07 Å². The summed E-state index contributed by atoms with van der Waals surface area (Å²) in [4.78, 5) is 2.34. The normalized spacial score (nSPS) is 24.4. The molecule has 1 aliphatic rings. The molecule has 2 rings (SSSR count). The van der Waals surface area contributed by atoms with Crippen molar-refractivity contribution in [1.82, 2.24) is 4.90 Å². The molecule has 1 aromatic carbocycles. The zero-order chi connectivity index (χ0) is 12.3. The van der Waals surface area contributed by atoms with Gasteiger partial charge in [-0.25, -0.2) is 0 Å². The Bertz CT molecular complexity index is 393. The first-order valence-electron chi connectivity index (χ1n) is 6.34. The van der Waals surface area contributed by atoms with E-state index in [4.69, 9.17) is 5.26 Å². The lowest BCUT2D eigenvalue weighted by Crippen LogP contribution is -2.26. The summed E-state index contributed by atoms with van der Waals surface area (Å²) in [6.45, 7) is 3.42. The van der Waals surface area contributed by atoms with E-state index in [-0.39, 0.29) is 6.04 Å². The minimum absolute atomic E-state index is 0.244. The molecular formula is C15H20N2. The number of rotatable bonds is 5. The van der Waals surface area contributed by atoms with Crippen molar-refractivity contribution in [2.24, 2.45) is 11.8 Å². The Morgan fingerprint density at radius 1 is 1.41 bits per heavy atom. The van der Waals surface area contributed by atoms with Crippen molar-refractivity contribution in [2.75, 3.05) is 13.6 Å². The molecule has 1 aromatic rings. The molecule has 90 valence electrons. The van der Waals surface area contributed by atoms with Gasteiger partial charge in [0.1, 0.15) is 0 Å². The first kappa shape index (κ1) is 12.1. The van der Waals surface area contributed by atoms with Gasteiger partial charge in [-0.2, -0.15) is 5.26 Å². The van der Waals surface area contributed by atoms with E-state index in [1.165, 1.54) is 12.0 Å². The summed E-state index contributed by atoms with van der Waals surface area (Å²) in [7, 11) is 2.14. The van der Waals surface area contributed by atoms with Crippen molar-refractivity contribution in [2.45, 2.75) is 25.8 Å². The maximum absolute atomic E-state index is 8.97. The summed E-state index contributed by atoms with van der Waals surface area (Å²) in [5, 5.41) is 8.97. The predicted octanol–water partition coefficient (Wildman–Crippen LogP) is 3.23. The van der Waals surface area contributed by atoms with E-state index in [2.05, 4.69) is 37.1 Å². The van der Waals surface area contributed by atoms with Gasteiger partial charge in [0, 0.05) is 12.6 Å². The predicted molar refractivity (Wildman–Crippen MR) is 69.3 cm³/mol. The second-order valence-electron chi connectivity index (χ2n) is 5.20. The fourth-order valence-electron chi connectivity index (χ4n) is 2.44. The Morgan fingerprint density at radius 2 is 2.06 bits per heavy atom. The number of nitriles is 1. The molecule has 1 fully saturated rings. The average Bonchev–Trinajstić information content (AvgIpc) is 3.02. The van der Waals surface area contributed by atoms with Crippen LogP contribution in [0, 0.1) is 23.2 Å². The summed E-state index contributed by atoms with van der Waals surface area (Å²) in [6.07, 6.45) is 1.92. The molecule has 0 N–H and O–H groups in total. The molecule has 1 saturated carbocycles. The highest BCUT2D eigenvalue weighted by molar-refractivity contribution is 5.20. The van der Waals surface area contributed by atoms with Gasteiger partial charge in [-0.1, -0.05) is 37.3 Å². The highest BCUT2D eigenvalue weighted by Crippen LogP contribution is 2.39. The summed E-state index contributed by atoms with van der Waals surface area (Å²) < 4.78 is 0. The van der Waals surface area contributed by atoms with Crippen LogP contribution in [0.25, 0.3) is 0 Å². The second kappa shape index (κ2) is 5.33. The summed E-state index contributed by atoms with van der Waals surface area (Å²) in [6, 6.07) is 12.9. The molecule has 0 radical (unpaired) electrons. The van der Waals surface area contributed by atoms with Gasteiger partial charge in [-0.15, -0.1) is 0 Å². The van der Waals surface area contributed by atoms with E-state index in [1.807, 2.05) is 18.2 Å². The fourth-order valence-corrected chi connectivity index (χ4v) is 2.44. The zero-order valence-electron chi connectivity index (χ0n) is 10.6. The second-order valence-corrected chi connectivity index (χ2v) is 5.20. The lowest BCUT2D eigenvalue weighted by Gasteiger charge is -2.26.